The molecule has 3 rings (SSSR count). The number of carbonyl (C=O) groups excluding carboxylic acids is 2. The number of piperidine rings is 1. The Kier molecular flexibility index (Phi) is 5.53. The lowest BCUT2D eigenvalue weighted by atomic mass is 9.96. The molecular weight excluding hydrogens is 322 g/mol. The second-order valence-corrected chi connectivity index (χ2v) is 6.20. The van der Waals surface area contributed by atoms with Gasteiger partial charge in [-0.1, -0.05) is 12.1 Å². The lowest BCUT2D eigenvalue weighted by molar-refractivity contribution is -0.140. The van der Waals surface area contributed by atoms with Gasteiger partial charge in [0.05, 0.1) is 7.11 Å². The third-order valence-electron chi connectivity index (χ3n) is 4.50. The Labute approximate surface area is 146 Å². The molecular formula is C18H23N3O4. The van der Waals surface area contributed by atoms with Crippen LogP contribution in [0.1, 0.15) is 25.7 Å². The maximum Gasteiger partial charge on any atom is 0.305 e. The number of esters is 1. The van der Waals surface area contributed by atoms with E-state index in [0.717, 1.165) is 37.0 Å². The molecule has 1 fully saturated rings. The first kappa shape index (κ1) is 17.3. The maximum atomic E-state index is 12.2. The number of ether oxygens (including phenoxy) is 1. The molecule has 0 bridgehead atoms. The van der Waals surface area contributed by atoms with Crippen LogP contribution in [-0.2, 0) is 14.3 Å². The van der Waals surface area contributed by atoms with Crippen molar-refractivity contribution >= 4 is 29.0 Å². The van der Waals surface area contributed by atoms with Gasteiger partial charge in [-0.2, -0.15) is 4.98 Å². The van der Waals surface area contributed by atoms with Crippen LogP contribution in [0.25, 0.3) is 11.1 Å². The van der Waals surface area contributed by atoms with E-state index in [4.69, 9.17) is 4.42 Å². The van der Waals surface area contributed by atoms with Crippen LogP contribution in [0.5, 0.6) is 0 Å². The Morgan fingerprint density at radius 2 is 2.08 bits per heavy atom. The van der Waals surface area contributed by atoms with E-state index < -0.39 is 0 Å². The third kappa shape index (κ3) is 4.29. The van der Waals surface area contributed by atoms with Gasteiger partial charge in [-0.15, -0.1) is 0 Å². The van der Waals surface area contributed by atoms with Crippen LogP contribution in [0.3, 0.4) is 0 Å². The molecule has 1 aliphatic heterocycles. The van der Waals surface area contributed by atoms with Gasteiger partial charge in [0, 0.05) is 32.0 Å². The number of methoxy groups -OCH3 is 1. The van der Waals surface area contributed by atoms with Crippen LogP contribution >= 0.6 is 0 Å². The van der Waals surface area contributed by atoms with Gasteiger partial charge >= 0.3 is 5.97 Å². The Morgan fingerprint density at radius 1 is 1.32 bits per heavy atom. The topological polar surface area (TPSA) is 84.7 Å². The first-order chi connectivity index (χ1) is 12.2. The molecule has 1 aliphatic rings. The molecule has 1 amide bonds. The summed E-state index contributed by atoms with van der Waals surface area (Å²) in [5.74, 6) is -0.193. The highest BCUT2D eigenvalue weighted by molar-refractivity contribution is 5.79. The van der Waals surface area contributed by atoms with Crippen LogP contribution in [0, 0.1) is 5.92 Å². The second kappa shape index (κ2) is 8.00. The maximum absolute atomic E-state index is 12.2. The Balaban J connectivity index is 1.45. The molecule has 2 heterocycles. The van der Waals surface area contributed by atoms with Crippen molar-refractivity contribution < 1.29 is 18.7 Å². The predicted octanol–water partition coefficient (Wildman–Crippen LogP) is 2.11. The van der Waals surface area contributed by atoms with E-state index in [2.05, 4.69) is 19.9 Å². The molecule has 2 aromatic rings. The zero-order valence-corrected chi connectivity index (χ0v) is 14.4. The average Bonchev–Trinajstić information content (AvgIpc) is 3.09. The van der Waals surface area contributed by atoms with E-state index in [-0.39, 0.29) is 17.8 Å². The van der Waals surface area contributed by atoms with Gasteiger partial charge in [-0.3, -0.25) is 9.59 Å². The normalized spacial score (nSPS) is 15.3. The molecule has 7 heteroatoms. The largest absolute Gasteiger partial charge is 0.469 e. The van der Waals surface area contributed by atoms with Gasteiger partial charge in [-0.05, 0) is 31.4 Å². The van der Waals surface area contributed by atoms with Crippen LogP contribution in [0.2, 0.25) is 0 Å². The fourth-order valence-corrected chi connectivity index (χ4v) is 3.02. The SMILES string of the molecule is COC(=O)CCCNC(=O)C1CCN(c2nc3ccccc3o2)CC1. The molecule has 7 nitrogen and oxygen atoms in total. The molecule has 0 aliphatic carbocycles. The van der Waals surface area contributed by atoms with Gasteiger partial charge < -0.3 is 19.4 Å². The van der Waals surface area contributed by atoms with Crippen LogP contribution < -0.4 is 10.2 Å². The number of hydrogen-bond donors (Lipinski definition) is 1. The van der Waals surface area contributed by atoms with E-state index in [1.165, 1.54) is 7.11 Å². The van der Waals surface area contributed by atoms with Gasteiger partial charge in [0.25, 0.3) is 6.01 Å². The quantitative estimate of drug-likeness (QED) is 0.638. The highest BCUT2D eigenvalue weighted by Gasteiger charge is 2.27. The molecule has 25 heavy (non-hydrogen) atoms. The number of para-hydroxylation sites is 2. The monoisotopic (exact) mass is 345 g/mol. The number of nitrogens with one attached hydrogen (secondary N) is 1. The van der Waals surface area contributed by atoms with Gasteiger partial charge in [-0.25, -0.2) is 0 Å². The van der Waals surface area contributed by atoms with E-state index in [0.29, 0.717) is 25.4 Å². The number of amides is 1. The summed E-state index contributed by atoms with van der Waals surface area (Å²) in [4.78, 5) is 29.8. The minimum atomic E-state index is -0.249. The fraction of sp³-hybridized carbons (Fsp3) is 0.500. The smallest absolute Gasteiger partial charge is 0.305 e. The summed E-state index contributed by atoms with van der Waals surface area (Å²) in [6.45, 7) is 1.99. The minimum Gasteiger partial charge on any atom is -0.469 e. The van der Waals surface area contributed by atoms with Gasteiger partial charge in [0.1, 0.15) is 5.52 Å². The standard InChI is InChI=1S/C18H23N3O4/c1-24-16(22)7-4-10-19-17(23)13-8-11-21(12-9-13)18-20-14-5-2-3-6-15(14)25-18/h2-3,5-6,13H,4,7-12H2,1H3,(H,19,23). The Bertz CT molecular complexity index is 702. The molecule has 1 aromatic heterocycles. The van der Waals surface area contributed by atoms with E-state index in [9.17, 15) is 9.59 Å². The number of oxazole rings is 1. The number of hydrogen-bond acceptors (Lipinski definition) is 6. The number of anilines is 1. The van der Waals surface area contributed by atoms with E-state index >= 15 is 0 Å². The molecule has 134 valence electrons. The van der Waals surface area contributed by atoms with E-state index in [1.54, 1.807) is 0 Å². The summed E-state index contributed by atoms with van der Waals surface area (Å²) in [6, 6.07) is 8.31. The van der Waals surface area contributed by atoms with E-state index in [1.807, 2.05) is 24.3 Å². The highest BCUT2D eigenvalue weighted by atomic mass is 16.5. The summed E-state index contributed by atoms with van der Waals surface area (Å²) in [5.41, 5.74) is 1.63. The van der Waals surface area contributed by atoms with Crippen molar-refractivity contribution in [2.24, 2.45) is 5.92 Å². The van der Waals surface area contributed by atoms with Crippen molar-refractivity contribution in [1.29, 1.82) is 0 Å². The molecule has 0 saturated carbocycles. The molecule has 0 spiro atoms. The number of benzene rings is 1. The molecule has 1 saturated heterocycles. The Morgan fingerprint density at radius 3 is 2.80 bits per heavy atom. The lowest BCUT2D eigenvalue weighted by Crippen LogP contribution is -2.41. The first-order valence-electron chi connectivity index (χ1n) is 8.62. The predicted molar refractivity (Wildman–Crippen MR) is 93.2 cm³/mol. The van der Waals surface area contributed by atoms with Crippen molar-refractivity contribution in [3.63, 3.8) is 0 Å². The first-order valence-corrected chi connectivity index (χ1v) is 8.62. The third-order valence-corrected chi connectivity index (χ3v) is 4.50. The lowest BCUT2D eigenvalue weighted by Gasteiger charge is -2.30. The van der Waals surface area contributed by atoms with Crippen LogP contribution in [0.15, 0.2) is 28.7 Å². The number of rotatable bonds is 6. The zero-order valence-electron chi connectivity index (χ0n) is 14.4. The molecule has 0 atom stereocenters. The molecule has 0 radical (unpaired) electrons. The fourth-order valence-electron chi connectivity index (χ4n) is 3.02. The van der Waals surface area contributed by atoms with Crippen LogP contribution in [-0.4, -0.2) is 43.6 Å². The van der Waals surface area contributed by atoms with Crippen molar-refractivity contribution in [1.82, 2.24) is 10.3 Å². The molecule has 0 unspecified atom stereocenters. The summed E-state index contributed by atoms with van der Waals surface area (Å²) in [6.07, 6.45) is 2.45. The van der Waals surface area contributed by atoms with Gasteiger partial charge in [0.2, 0.25) is 5.91 Å². The summed E-state index contributed by atoms with van der Waals surface area (Å²) in [7, 11) is 1.37. The zero-order chi connectivity index (χ0) is 17.6. The van der Waals surface area contributed by atoms with Crippen molar-refractivity contribution in [3.05, 3.63) is 24.3 Å². The number of nitrogens with zero attached hydrogens (tertiary/aromatic N) is 2. The highest BCUT2D eigenvalue weighted by Crippen LogP contribution is 2.26. The molecule has 1 N–H and O–H groups in total. The number of aromatic nitrogens is 1. The van der Waals surface area contributed by atoms with Crippen molar-refractivity contribution in [3.8, 4) is 0 Å². The second-order valence-electron chi connectivity index (χ2n) is 6.20. The van der Waals surface area contributed by atoms with Crippen molar-refractivity contribution in [2.45, 2.75) is 25.7 Å². The van der Waals surface area contributed by atoms with Crippen LogP contribution in [0.4, 0.5) is 6.01 Å². The summed E-state index contributed by atoms with van der Waals surface area (Å²) < 4.78 is 10.4. The number of fused-ring (bicyclic) bond motifs is 1. The molecule has 1 aromatic carbocycles. The average molecular weight is 345 g/mol. The summed E-state index contributed by atoms with van der Waals surface area (Å²) in [5, 5.41) is 2.90. The van der Waals surface area contributed by atoms with Crippen molar-refractivity contribution in [2.75, 3.05) is 31.6 Å². The number of carbonyl (C=O) groups is 2. The Hall–Kier alpha value is -2.57. The van der Waals surface area contributed by atoms with Gasteiger partial charge in [0.15, 0.2) is 5.58 Å². The minimum absolute atomic E-state index is 0.00115. The summed E-state index contributed by atoms with van der Waals surface area (Å²) >= 11 is 0.